The molecule has 1 nitrogen and oxygen atoms in total. The Morgan fingerprint density at radius 2 is 2.08 bits per heavy atom. The van der Waals surface area contributed by atoms with Gasteiger partial charge in [0.25, 0.3) is 0 Å². The monoisotopic (exact) mass is 182 g/mol. The molecule has 0 radical (unpaired) electrons. The Bertz CT molecular complexity index is 245. The molecule has 12 heavy (non-hydrogen) atoms. The van der Waals surface area contributed by atoms with Gasteiger partial charge in [-0.25, -0.2) is 0 Å². The first-order valence-electron chi connectivity index (χ1n) is 4.04. The van der Waals surface area contributed by atoms with E-state index >= 15 is 0 Å². The predicted molar refractivity (Wildman–Crippen MR) is 53.6 cm³/mol. The lowest BCUT2D eigenvalue weighted by molar-refractivity contribution is 0.195. The quantitative estimate of drug-likeness (QED) is 0.724. The van der Waals surface area contributed by atoms with E-state index in [1.807, 2.05) is 19.1 Å². The summed E-state index contributed by atoms with van der Waals surface area (Å²) in [5.74, 6) is 0. The molecule has 0 saturated carbocycles. The fraction of sp³-hybridized carbons (Fsp3) is 0.400. The van der Waals surface area contributed by atoms with Crippen LogP contribution in [0.25, 0.3) is 0 Å². The van der Waals surface area contributed by atoms with Crippen LogP contribution >= 0.6 is 11.8 Å². The molecule has 0 heterocycles. The molecule has 0 amide bonds. The highest BCUT2D eigenvalue weighted by molar-refractivity contribution is 7.98. The summed E-state index contributed by atoms with van der Waals surface area (Å²) >= 11 is 1.73. The predicted octanol–water partition coefficient (Wildman–Crippen LogP) is 2.33. The summed E-state index contributed by atoms with van der Waals surface area (Å²) in [5.41, 5.74) is 1.24. The standard InChI is InChI=1S/C10H14OS/c1-8(11)7-9-5-3-4-6-10(9)12-2/h3-6,8,11H,7H2,1-2H3. The number of thioether (sulfide) groups is 1. The van der Waals surface area contributed by atoms with E-state index in [1.54, 1.807) is 11.8 Å². The van der Waals surface area contributed by atoms with Crippen molar-refractivity contribution in [3.63, 3.8) is 0 Å². The van der Waals surface area contributed by atoms with Crippen molar-refractivity contribution in [3.05, 3.63) is 29.8 Å². The Morgan fingerprint density at radius 1 is 1.42 bits per heavy atom. The highest BCUT2D eigenvalue weighted by atomic mass is 32.2. The number of rotatable bonds is 3. The van der Waals surface area contributed by atoms with Crippen LogP contribution in [0.4, 0.5) is 0 Å². The Kier molecular flexibility index (Phi) is 3.63. The Labute approximate surface area is 77.8 Å². The molecule has 0 aliphatic heterocycles. The zero-order chi connectivity index (χ0) is 8.97. The summed E-state index contributed by atoms with van der Waals surface area (Å²) in [5, 5.41) is 9.22. The van der Waals surface area contributed by atoms with Crippen LogP contribution in [-0.4, -0.2) is 17.5 Å². The maximum atomic E-state index is 9.22. The van der Waals surface area contributed by atoms with Gasteiger partial charge in [-0.2, -0.15) is 0 Å². The number of aliphatic hydroxyl groups excluding tert-OH is 1. The lowest BCUT2D eigenvalue weighted by Gasteiger charge is -2.08. The maximum absolute atomic E-state index is 9.22. The van der Waals surface area contributed by atoms with Crippen LogP contribution in [0.15, 0.2) is 29.2 Å². The van der Waals surface area contributed by atoms with Crippen LogP contribution in [0.3, 0.4) is 0 Å². The average Bonchev–Trinajstić information content (AvgIpc) is 2.04. The van der Waals surface area contributed by atoms with E-state index in [4.69, 9.17) is 0 Å². The molecular weight excluding hydrogens is 168 g/mol. The van der Waals surface area contributed by atoms with Gasteiger partial charge in [-0.15, -0.1) is 11.8 Å². The maximum Gasteiger partial charge on any atom is 0.0552 e. The van der Waals surface area contributed by atoms with Crippen LogP contribution < -0.4 is 0 Å². The van der Waals surface area contributed by atoms with Crippen molar-refractivity contribution >= 4 is 11.8 Å². The van der Waals surface area contributed by atoms with E-state index in [2.05, 4.69) is 18.4 Å². The Morgan fingerprint density at radius 3 is 2.67 bits per heavy atom. The van der Waals surface area contributed by atoms with Crippen molar-refractivity contribution in [2.24, 2.45) is 0 Å². The van der Waals surface area contributed by atoms with Gasteiger partial charge in [0.1, 0.15) is 0 Å². The van der Waals surface area contributed by atoms with Crippen molar-refractivity contribution < 1.29 is 5.11 Å². The summed E-state index contributed by atoms with van der Waals surface area (Å²) in [6.07, 6.45) is 2.55. The van der Waals surface area contributed by atoms with E-state index in [0.29, 0.717) is 0 Å². The number of hydrogen-bond acceptors (Lipinski definition) is 2. The normalized spacial score (nSPS) is 12.9. The third kappa shape index (κ3) is 2.54. The molecule has 1 aromatic carbocycles. The third-order valence-corrected chi connectivity index (χ3v) is 2.55. The molecule has 1 unspecified atom stereocenters. The molecule has 1 aromatic rings. The number of hydrogen-bond donors (Lipinski definition) is 1. The molecule has 0 saturated heterocycles. The van der Waals surface area contributed by atoms with Gasteiger partial charge >= 0.3 is 0 Å². The first-order valence-corrected chi connectivity index (χ1v) is 5.26. The van der Waals surface area contributed by atoms with E-state index in [9.17, 15) is 5.11 Å². The van der Waals surface area contributed by atoms with E-state index in [-0.39, 0.29) is 6.10 Å². The SMILES string of the molecule is CSc1ccccc1CC(C)O. The highest BCUT2D eigenvalue weighted by Gasteiger charge is 2.02. The van der Waals surface area contributed by atoms with Gasteiger partial charge in [0.05, 0.1) is 6.10 Å². The zero-order valence-electron chi connectivity index (χ0n) is 7.45. The second-order valence-corrected chi connectivity index (χ2v) is 3.71. The molecule has 1 N–H and O–H groups in total. The van der Waals surface area contributed by atoms with Gasteiger partial charge in [-0.3, -0.25) is 0 Å². The first-order chi connectivity index (χ1) is 5.74. The van der Waals surface area contributed by atoms with Crippen molar-refractivity contribution in [2.45, 2.75) is 24.3 Å². The highest BCUT2D eigenvalue weighted by Crippen LogP contribution is 2.20. The van der Waals surface area contributed by atoms with Gasteiger partial charge in [0.15, 0.2) is 0 Å². The van der Waals surface area contributed by atoms with Gasteiger partial charge < -0.3 is 5.11 Å². The summed E-state index contributed by atoms with van der Waals surface area (Å²) in [4.78, 5) is 1.26. The topological polar surface area (TPSA) is 20.2 Å². The average molecular weight is 182 g/mol. The second-order valence-electron chi connectivity index (χ2n) is 2.86. The van der Waals surface area contributed by atoms with Gasteiger partial charge in [0.2, 0.25) is 0 Å². The van der Waals surface area contributed by atoms with Gasteiger partial charge in [0, 0.05) is 4.90 Å². The molecular formula is C10H14OS. The molecule has 0 aliphatic carbocycles. The summed E-state index contributed by atoms with van der Waals surface area (Å²) in [6.45, 7) is 1.82. The van der Waals surface area contributed by atoms with Crippen molar-refractivity contribution in [2.75, 3.05) is 6.26 Å². The molecule has 2 heteroatoms. The first kappa shape index (κ1) is 9.62. The Balaban J connectivity index is 2.82. The Hall–Kier alpha value is -0.470. The van der Waals surface area contributed by atoms with E-state index in [1.165, 1.54) is 10.5 Å². The summed E-state index contributed by atoms with van der Waals surface area (Å²) in [6, 6.07) is 8.19. The van der Waals surface area contributed by atoms with Crippen LogP contribution in [0.2, 0.25) is 0 Å². The summed E-state index contributed by atoms with van der Waals surface area (Å²) < 4.78 is 0. The third-order valence-electron chi connectivity index (χ3n) is 1.71. The lowest BCUT2D eigenvalue weighted by atomic mass is 10.1. The van der Waals surface area contributed by atoms with Gasteiger partial charge in [-0.05, 0) is 31.2 Å². The van der Waals surface area contributed by atoms with Crippen LogP contribution in [-0.2, 0) is 6.42 Å². The second kappa shape index (κ2) is 4.53. The molecule has 0 aromatic heterocycles. The summed E-state index contributed by atoms with van der Waals surface area (Å²) in [7, 11) is 0. The van der Waals surface area contributed by atoms with Crippen molar-refractivity contribution in [3.8, 4) is 0 Å². The van der Waals surface area contributed by atoms with Crippen LogP contribution in [0, 0.1) is 0 Å². The smallest absolute Gasteiger partial charge is 0.0552 e. The molecule has 0 spiro atoms. The van der Waals surface area contributed by atoms with Crippen LogP contribution in [0.5, 0.6) is 0 Å². The molecule has 0 aliphatic rings. The minimum Gasteiger partial charge on any atom is -0.393 e. The zero-order valence-corrected chi connectivity index (χ0v) is 8.27. The largest absolute Gasteiger partial charge is 0.393 e. The van der Waals surface area contributed by atoms with Gasteiger partial charge in [-0.1, -0.05) is 18.2 Å². The molecule has 0 fully saturated rings. The molecule has 0 bridgehead atoms. The minimum atomic E-state index is -0.252. The minimum absolute atomic E-state index is 0.252. The van der Waals surface area contributed by atoms with Crippen LogP contribution in [0.1, 0.15) is 12.5 Å². The number of aliphatic hydroxyl groups is 1. The molecule has 1 atom stereocenters. The number of benzene rings is 1. The molecule has 66 valence electrons. The molecule has 1 rings (SSSR count). The van der Waals surface area contributed by atoms with Crippen molar-refractivity contribution in [1.29, 1.82) is 0 Å². The lowest BCUT2D eigenvalue weighted by Crippen LogP contribution is -2.04. The fourth-order valence-electron chi connectivity index (χ4n) is 1.19. The van der Waals surface area contributed by atoms with Crippen molar-refractivity contribution in [1.82, 2.24) is 0 Å². The van der Waals surface area contributed by atoms with E-state index in [0.717, 1.165) is 6.42 Å². The fourth-order valence-corrected chi connectivity index (χ4v) is 1.82. The van der Waals surface area contributed by atoms with E-state index < -0.39 is 0 Å².